The zero-order valence-corrected chi connectivity index (χ0v) is 28.6. The van der Waals surface area contributed by atoms with E-state index in [-0.39, 0.29) is 11.3 Å². The number of benzene rings is 5. The van der Waals surface area contributed by atoms with E-state index in [1.165, 1.54) is 86.2 Å². The molecule has 2 unspecified atom stereocenters. The minimum Gasteiger partial charge on any atom is -0.0657 e. The summed E-state index contributed by atoms with van der Waals surface area (Å²) < 4.78 is 0. The van der Waals surface area contributed by atoms with E-state index >= 15 is 0 Å². The second kappa shape index (κ2) is 11.1. The molecule has 0 aliphatic heterocycles. The molecule has 8 rings (SSSR count). The molecule has 0 nitrogen and oxygen atoms in total. The third-order valence-corrected chi connectivity index (χ3v) is 12.1. The summed E-state index contributed by atoms with van der Waals surface area (Å²) in [6, 6.07) is 33.1. The number of hydrogen-bond donors (Lipinski definition) is 0. The van der Waals surface area contributed by atoms with Crippen LogP contribution in [0.1, 0.15) is 119 Å². The lowest BCUT2D eigenvalue weighted by Crippen LogP contribution is -2.29. The maximum absolute atomic E-state index is 2.78. The van der Waals surface area contributed by atoms with E-state index in [1.54, 1.807) is 16.7 Å². The van der Waals surface area contributed by atoms with Crippen LogP contribution in [0.2, 0.25) is 0 Å². The Morgan fingerprint density at radius 2 is 1.43 bits per heavy atom. The monoisotopic (exact) mass is 600 g/mol. The van der Waals surface area contributed by atoms with Crippen LogP contribution in [0.4, 0.5) is 0 Å². The van der Waals surface area contributed by atoms with Gasteiger partial charge in [-0.05, 0) is 128 Å². The van der Waals surface area contributed by atoms with Gasteiger partial charge in [-0.15, -0.1) is 0 Å². The van der Waals surface area contributed by atoms with Gasteiger partial charge in [-0.2, -0.15) is 0 Å². The lowest BCUT2D eigenvalue weighted by Gasteiger charge is -2.38. The van der Waals surface area contributed by atoms with E-state index in [0.29, 0.717) is 17.8 Å². The third-order valence-electron chi connectivity index (χ3n) is 12.1. The zero-order valence-electron chi connectivity index (χ0n) is 28.6. The fraction of sp³-hybridized carbons (Fsp3) is 0.348. The Morgan fingerprint density at radius 1 is 0.696 bits per heavy atom. The van der Waals surface area contributed by atoms with Crippen molar-refractivity contribution >= 4 is 21.5 Å². The smallest absolute Gasteiger partial charge is 0.0443 e. The molecular weight excluding hydrogens is 553 g/mol. The first kappa shape index (κ1) is 29.5. The van der Waals surface area contributed by atoms with Crippen LogP contribution in [0.15, 0.2) is 108 Å². The van der Waals surface area contributed by atoms with Crippen molar-refractivity contribution in [3.63, 3.8) is 0 Å². The first-order valence-corrected chi connectivity index (χ1v) is 18.1. The van der Waals surface area contributed by atoms with Gasteiger partial charge in [-0.25, -0.2) is 0 Å². The van der Waals surface area contributed by atoms with Crippen molar-refractivity contribution in [2.24, 2.45) is 11.8 Å². The first-order valence-electron chi connectivity index (χ1n) is 18.1. The summed E-state index contributed by atoms with van der Waals surface area (Å²) in [6.07, 6.45) is 11.3. The quantitative estimate of drug-likeness (QED) is 0.163. The molecule has 3 aliphatic rings. The van der Waals surface area contributed by atoms with Gasteiger partial charge < -0.3 is 0 Å². The van der Waals surface area contributed by atoms with Crippen molar-refractivity contribution in [1.82, 2.24) is 0 Å². The number of allylic oxidation sites excluding steroid dienone is 4. The van der Waals surface area contributed by atoms with Gasteiger partial charge in [0, 0.05) is 11.3 Å². The molecule has 0 saturated heterocycles. The molecule has 3 aliphatic carbocycles. The van der Waals surface area contributed by atoms with E-state index in [1.807, 2.05) is 0 Å². The molecule has 0 heterocycles. The topological polar surface area (TPSA) is 0 Å². The minimum atomic E-state index is -0.175. The molecule has 0 saturated carbocycles. The third kappa shape index (κ3) is 4.05. The van der Waals surface area contributed by atoms with Gasteiger partial charge >= 0.3 is 0 Å². The van der Waals surface area contributed by atoms with Gasteiger partial charge in [0.15, 0.2) is 0 Å². The molecule has 0 amide bonds. The summed E-state index contributed by atoms with van der Waals surface area (Å²) in [5.74, 6) is 1.85. The van der Waals surface area contributed by atoms with Crippen LogP contribution in [0, 0.1) is 11.8 Å². The Morgan fingerprint density at radius 3 is 2.15 bits per heavy atom. The maximum atomic E-state index is 2.78. The Hall–Kier alpha value is -3.90. The highest BCUT2D eigenvalue weighted by molar-refractivity contribution is 6.13. The van der Waals surface area contributed by atoms with E-state index in [9.17, 15) is 0 Å². The summed E-state index contributed by atoms with van der Waals surface area (Å²) in [4.78, 5) is 0. The molecular formula is C46H48. The largest absolute Gasteiger partial charge is 0.0657 e. The van der Waals surface area contributed by atoms with Crippen LogP contribution in [-0.2, 0) is 5.41 Å². The molecule has 5 aromatic carbocycles. The molecule has 0 heteroatoms. The number of fused-ring (bicyclic) bond motifs is 4. The van der Waals surface area contributed by atoms with Crippen LogP contribution in [0.5, 0.6) is 0 Å². The van der Waals surface area contributed by atoms with Crippen molar-refractivity contribution in [1.29, 1.82) is 0 Å². The zero-order chi connectivity index (χ0) is 31.7. The van der Waals surface area contributed by atoms with Gasteiger partial charge in [-0.3, -0.25) is 0 Å². The van der Waals surface area contributed by atoms with E-state index in [4.69, 9.17) is 0 Å². The van der Waals surface area contributed by atoms with Crippen LogP contribution in [0.3, 0.4) is 0 Å². The SMILES string of the molecule is CCC(CC)C1=CC2(CC(C(CC)CC)=C1)c1ccc3cccc4c3c1-c1c(cc3c(C(C)C)cccc3c12)C4c1ccccc1. The summed E-state index contributed by atoms with van der Waals surface area (Å²) in [7, 11) is 0. The minimum absolute atomic E-state index is 0.175. The molecule has 0 radical (unpaired) electrons. The lowest BCUT2D eigenvalue weighted by molar-refractivity contribution is 0.491. The first-order chi connectivity index (χ1) is 22.4. The predicted octanol–water partition coefficient (Wildman–Crippen LogP) is 13.0. The lowest BCUT2D eigenvalue weighted by atomic mass is 9.64. The second-order valence-corrected chi connectivity index (χ2v) is 14.6. The molecule has 5 aromatic rings. The molecule has 0 N–H and O–H groups in total. The highest BCUT2D eigenvalue weighted by Crippen LogP contribution is 2.64. The summed E-state index contributed by atoms with van der Waals surface area (Å²) in [5.41, 5.74) is 15.1. The van der Waals surface area contributed by atoms with Gasteiger partial charge in [0.2, 0.25) is 0 Å². The summed E-state index contributed by atoms with van der Waals surface area (Å²) in [5, 5.41) is 5.77. The molecule has 232 valence electrons. The average molecular weight is 601 g/mol. The molecule has 46 heavy (non-hydrogen) atoms. The van der Waals surface area contributed by atoms with Crippen molar-refractivity contribution in [2.75, 3.05) is 0 Å². The standard InChI is InChI=1S/C46H48/c1-7-29(8-2)33-24-34(30(9-3)10-4)27-46(26-33)40-23-22-32-18-14-21-37-41(31-16-12-11-13-17-31)39-25-38-35(28(5)6)19-15-20-36(38)45(46)43(39)44(40)42(32)37/h11-26,28-30,41H,7-10,27H2,1-6H3. The Kier molecular flexibility index (Phi) is 7.13. The second-order valence-electron chi connectivity index (χ2n) is 14.6. The van der Waals surface area contributed by atoms with Crippen LogP contribution < -0.4 is 0 Å². The fourth-order valence-corrected chi connectivity index (χ4v) is 9.89. The summed E-state index contributed by atoms with van der Waals surface area (Å²) in [6.45, 7) is 14.3. The Bertz CT molecular complexity index is 2040. The molecule has 0 bridgehead atoms. The van der Waals surface area contributed by atoms with Crippen molar-refractivity contribution in [2.45, 2.75) is 90.9 Å². The normalized spacial score (nSPS) is 19.6. The van der Waals surface area contributed by atoms with Crippen LogP contribution >= 0.6 is 0 Å². The van der Waals surface area contributed by atoms with Gasteiger partial charge in [0.25, 0.3) is 0 Å². The van der Waals surface area contributed by atoms with E-state index in [0.717, 1.165) is 6.42 Å². The van der Waals surface area contributed by atoms with Crippen molar-refractivity contribution in [3.05, 3.63) is 142 Å². The van der Waals surface area contributed by atoms with E-state index in [2.05, 4.69) is 139 Å². The van der Waals surface area contributed by atoms with Gasteiger partial charge in [0.05, 0.1) is 0 Å². The van der Waals surface area contributed by atoms with E-state index < -0.39 is 0 Å². The van der Waals surface area contributed by atoms with Gasteiger partial charge in [-0.1, -0.05) is 138 Å². The number of rotatable bonds is 8. The number of hydrogen-bond acceptors (Lipinski definition) is 0. The molecule has 0 fully saturated rings. The molecule has 0 aromatic heterocycles. The highest BCUT2D eigenvalue weighted by atomic mass is 14.5. The Labute approximate surface area is 276 Å². The Balaban J connectivity index is 1.58. The predicted molar refractivity (Wildman–Crippen MR) is 198 cm³/mol. The van der Waals surface area contributed by atoms with Gasteiger partial charge in [0.1, 0.15) is 0 Å². The fourth-order valence-electron chi connectivity index (χ4n) is 9.89. The molecule has 2 atom stereocenters. The van der Waals surface area contributed by atoms with Crippen molar-refractivity contribution < 1.29 is 0 Å². The average Bonchev–Trinajstić information content (AvgIpc) is 3.35. The molecule has 1 spiro atoms. The summed E-state index contributed by atoms with van der Waals surface area (Å²) >= 11 is 0. The van der Waals surface area contributed by atoms with Crippen LogP contribution in [-0.4, -0.2) is 0 Å². The maximum Gasteiger partial charge on any atom is 0.0443 e. The van der Waals surface area contributed by atoms with Crippen molar-refractivity contribution in [3.8, 4) is 11.1 Å². The highest BCUT2D eigenvalue weighted by Gasteiger charge is 2.49. The van der Waals surface area contributed by atoms with Crippen LogP contribution in [0.25, 0.3) is 32.7 Å².